The van der Waals surface area contributed by atoms with Crippen molar-refractivity contribution >= 4 is 0 Å². The zero-order valence-corrected chi connectivity index (χ0v) is 10.8. The van der Waals surface area contributed by atoms with Gasteiger partial charge in [0, 0.05) is 12.5 Å². The van der Waals surface area contributed by atoms with Crippen LogP contribution in [0.4, 0.5) is 0 Å². The van der Waals surface area contributed by atoms with E-state index in [1.165, 1.54) is 44.3 Å². The molecule has 3 heteroatoms. The number of rotatable bonds is 1. The topological polar surface area (TPSA) is 30.7 Å². The van der Waals surface area contributed by atoms with Crippen LogP contribution in [0.1, 0.15) is 51.3 Å². The first-order valence-electron chi connectivity index (χ1n) is 6.93. The van der Waals surface area contributed by atoms with Gasteiger partial charge in [0.2, 0.25) is 0 Å². The lowest BCUT2D eigenvalue weighted by Crippen LogP contribution is -2.53. The van der Waals surface area contributed by atoms with Gasteiger partial charge < -0.3 is 4.57 Å². The molecule has 2 atom stereocenters. The number of hydrogen-bond acceptors (Lipinski definition) is 2. The van der Waals surface area contributed by atoms with Crippen LogP contribution in [0.15, 0.2) is 6.33 Å². The molecule has 4 fully saturated rings. The third-order valence-electron chi connectivity index (χ3n) is 5.54. The summed E-state index contributed by atoms with van der Waals surface area (Å²) in [5.41, 5.74) is 0.958. The van der Waals surface area contributed by atoms with Crippen LogP contribution in [0.5, 0.6) is 0 Å². The molecule has 1 aromatic rings. The monoisotopic (exact) mass is 231 g/mol. The highest BCUT2D eigenvalue weighted by Crippen LogP contribution is 2.65. The highest BCUT2D eigenvalue weighted by molar-refractivity contribution is 5.19. The molecule has 0 amide bonds. The Bertz CT molecular complexity index is 448. The number of nitrogens with zero attached hydrogens (tertiary/aromatic N) is 3. The summed E-state index contributed by atoms with van der Waals surface area (Å²) in [5.74, 6) is 3.17. The number of aryl methyl sites for hydroxylation is 1. The molecule has 17 heavy (non-hydrogen) atoms. The largest absolute Gasteiger partial charge is 0.320 e. The van der Waals surface area contributed by atoms with Crippen molar-refractivity contribution in [3.05, 3.63) is 12.2 Å². The van der Waals surface area contributed by atoms with E-state index in [4.69, 9.17) is 0 Å². The van der Waals surface area contributed by atoms with Crippen LogP contribution < -0.4 is 0 Å². The molecule has 0 aromatic carbocycles. The molecule has 1 aromatic heterocycles. The van der Waals surface area contributed by atoms with E-state index < -0.39 is 0 Å². The van der Waals surface area contributed by atoms with Gasteiger partial charge in [-0.05, 0) is 55.8 Å². The fourth-order valence-corrected chi connectivity index (χ4v) is 5.75. The maximum Gasteiger partial charge on any atom is 0.138 e. The second-order valence-corrected chi connectivity index (χ2v) is 7.32. The standard InChI is InChI=1S/C14H21N3/c1-13-4-10-3-11(5-13)7-14(6-10,8-13)12-16-15-9-17(12)2/h9-11H,3-8H2,1-2H3. The first-order valence-corrected chi connectivity index (χ1v) is 6.93. The third kappa shape index (κ3) is 1.28. The van der Waals surface area contributed by atoms with E-state index in [0.29, 0.717) is 10.8 Å². The Hall–Kier alpha value is -0.860. The molecular formula is C14H21N3. The van der Waals surface area contributed by atoms with Crippen LogP contribution in [0.3, 0.4) is 0 Å². The lowest BCUT2D eigenvalue weighted by Gasteiger charge is -2.60. The molecule has 4 bridgehead atoms. The van der Waals surface area contributed by atoms with E-state index in [1.54, 1.807) is 0 Å². The Balaban J connectivity index is 1.82. The number of aromatic nitrogens is 3. The average molecular weight is 231 g/mol. The van der Waals surface area contributed by atoms with Crippen LogP contribution in [0.25, 0.3) is 0 Å². The smallest absolute Gasteiger partial charge is 0.138 e. The predicted octanol–water partition coefficient (Wildman–Crippen LogP) is 2.67. The van der Waals surface area contributed by atoms with Crippen molar-refractivity contribution in [1.29, 1.82) is 0 Å². The fourth-order valence-electron chi connectivity index (χ4n) is 5.75. The summed E-state index contributed by atoms with van der Waals surface area (Å²) in [5, 5.41) is 8.56. The van der Waals surface area contributed by atoms with E-state index in [9.17, 15) is 0 Å². The van der Waals surface area contributed by atoms with Crippen LogP contribution >= 0.6 is 0 Å². The van der Waals surface area contributed by atoms with E-state index in [0.717, 1.165) is 11.8 Å². The zero-order chi connectivity index (χ0) is 11.7. The van der Waals surface area contributed by atoms with Crippen molar-refractivity contribution in [3.63, 3.8) is 0 Å². The van der Waals surface area contributed by atoms with Gasteiger partial charge in [0.15, 0.2) is 0 Å². The van der Waals surface area contributed by atoms with Gasteiger partial charge >= 0.3 is 0 Å². The fraction of sp³-hybridized carbons (Fsp3) is 0.857. The Kier molecular flexibility index (Phi) is 1.74. The average Bonchev–Trinajstić information content (AvgIpc) is 2.60. The molecule has 0 spiro atoms. The molecule has 4 saturated carbocycles. The second-order valence-electron chi connectivity index (χ2n) is 7.32. The number of hydrogen-bond donors (Lipinski definition) is 0. The van der Waals surface area contributed by atoms with Crippen LogP contribution in [-0.4, -0.2) is 14.8 Å². The first kappa shape index (κ1) is 10.1. The minimum Gasteiger partial charge on any atom is -0.320 e. The van der Waals surface area contributed by atoms with Gasteiger partial charge in [0.1, 0.15) is 12.2 Å². The van der Waals surface area contributed by atoms with E-state index in [1.807, 2.05) is 6.33 Å². The third-order valence-corrected chi connectivity index (χ3v) is 5.54. The van der Waals surface area contributed by atoms with E-state index in [-0.39, 0.29) is 0 Å². The van der Waals surface area contributed by atoms with Gasteiger partial charge in [-0.15, -0.1) is 10.2 Å². The molecule has 5 rings (SSSR count). The summed E-state index contributed by atoms with van der Waals surface area (Å²) in [6, 6.07) is 0. The predicted molar refractivity (Wildman–Crippen MR) is 65.5 cm³/mol. The van der Waals surface area contributed by atoms with Gasteiger partial charge in [-0.3, -0.25) is 0 Å². The summed E-state index contributed by atoms with van der Waals surface area (Å²) in [6.45, 7) is 2.51. The zero-order valence-electron chi connectivity index (χ0n) is 10.8. The van der Waals surface area contributed by atoms with Gasteiger partial charge in [-0.25, -0.2) is 0 Å². The summed E-state index contributed by atoms with van der Waals surface area (Å²) in [6.07, 6.45) is 10.4. The molecule has 3 nitrogen and oxygen atoms in total. The van der Waals surface area contributed by atoms with Crippen molar-refractivity contribution < 1.29 is 0 Å². The Morgan fingerprint density at radius 3 is 2.47 bits per heavy atom. The SMILES string of the molecule is Cn1cnnc1C12CC3CC(CC(C)(C3)C1)C2. The van der Waals surface area contributed by atoms with Gasteiger partial charge in [-0.2, -0.15) is 0 Å². The Morgan fingerprint density at radius 1 is 1.24 bits per heavy atom. The molecule has 0 saturated heterocycles. The van der Waals surface area contributed by atoms with Crippen molar-refractivity contribution in [3.8, 4) is 0 Å². The van der Waals surface area contributed by atoms with Crippen molar-refractivity contribution in [2.45, 2.75) is 50.9 Å². The van der Waals surface area contributed by atoms with Gasteiger partial charge in [0.25, 0.3) is 0 Å². The molecule has 0 aliphatic heterocycles. The first-order chi connectivity index (χ1) is 8.09. The van der Waals surface area contributed by atoms with E-state index >= 15 is 0 Å². The summed E-state index contributed by atoms with van der Waals surface area (Å²) in [4.78, 5) is 0. The molecule has 0 radical (unpaired) electrons. The van der Waals surface area contributed by atoms with Crippen molar-refractivity contribution in [2.24, 2.45) is 24.3 Å². The quantitative estimate of drug-likeness (QED) is 0.744. The van der Waals surface area contributed by atoms with Crippen LogP contribution in [0, 0.1) is 17.3 Å². The molecular weight excluding hydrogens is 210 g/mol. The van der Waals surface area contributed by atoms with Crippen molar-refractivity contribution in [2.75, 3.05) is 0 Å². The van der Waals surface area contributed by atoms with Crippen LogP contribution in [0.2, 0.25) is 0 Å². The molecule has 4 aliphatic carbocycles. The molecule has 92 valence electrons. The maximum absolute atomic E-state index is 4.45. The van der Waals surface area contributed by atoms with Gasteiger partial charge in [0.05, 0.1) is 0 Å². The lowest BCUT2D eigenvalue weighted by molar-refractivity contribution is -0.0658. The minimum absolute atomic E-state index is 0.365. The highest BCUT2D eigenvalue weighted by Gasteiger charge is 2.57. The molecule has 1 heterocycles. The van der Waals surface area contributed by atoms with Crippen molar-refractivity contribution in [1.82, 2.24) is 14.8 Å². The van der Waals surface area contributed by atoms with Crippen LogP contribution in [-0.2, 0) is 12.5 Å². The molecule has 4 aliphatic rings. The Labute approximate surface area is 103 Å². The summed E-state index contributed by atoms with van der Waals surface area (Å²) >= 11 is 0. The Morgan fingerprint density at radius 2 is 1.94 bits per heavy atom. The van der Waals surface area contributed by atoms with Gasteiger partial charge in [-0.1, -0.05) is 6.92 Å². The summed E-state index contributed by atoms with van der Waals surface area (Å²) < 4.78 is 2.16. The highest BCUT2D eigenvalue weighted by atomic mass is 15.3. The second kappa shape index (κ2) is 2.93. The lowest BCUT2D eigenvalue weighted by atomic mass is 9.44. The molecule has 0 N–H and O–H groups in total. The maximum atomic E-state index is 4.45. The normalized spacial score (nSPS) is 47.6. The molecule has 2 unspecified atom stereocenters. The minimum atomic E-state index is 0.365. The van der Waals surface area contributed by atoms with E-state index in [2.05, 4.69) is 28.7 Å². The summed E-state index contributed by atoms with van der Waals surface area (Å²) in [7, 11) is 2.11.